The quantitative estimate of drug-likeness (QED) is 0.377. The van der Waals surface area contributed by atoms with Crippen LogP contribution in [0.1, 0.15) is 25.8 Å². The number of benzene rings is 3. The van der Waals surface area contributed by atoms with E-state index in [9.17, 15) is 10.1 Å². The Morgan fingerprint density at radius 1 is 1.14 bits per heavy atom. The van der Waals surface area contributed by atoms with E-state index >= 15 is 0 Å². The first kappa shape index (κ1) is 16.7. The highest BCUT2D eigenvalue weighted by Gasteiger charge is 2.31. The number of hydrogen-bond donors (Lipinski definition) is 1. The molecule has 0 unspecified atom stereocenters. The molecule has 3 aromatic carbocycles. The van der Waals surface area contributed by atoms with Crippen molar-refractivity contribution in [3.05, 3.63) is 64.2 Å². The van der Waals surface area contributed by atoms with Crippen LogP contribution in [0.25, 0.3) is 33.2 Å². The number of rotatable bonds is 2. The maximum Gasteiger partial charge on any atom is 0.270 e. The first-order valence-electron chi connectivity index (χ1n) is 9.30. The van der Waals surface area contributed by atoms with Crippen LogP contribution in [-0.4, -0.2) is 20.5 Å². The van der Waals surface area contributed by atoms with Gasteiger partial charge in [0.2, 0.25) is 0 Å². The predicted octanol–water partition coefficient (Wildman–Crippen LogP) is 5.39. The highest BCUT2D eigenvalue weighted by Crippen LogP contribution is 2.44. The van der Waals surface area contributed by atoms with E-state index < -0.39 is 0 Å². The zero-order chi connectivity index (χ0) is 19.5. The molecule has 0 saturated carbocycles. The summed E-state index contributed by atoms with van der Waals surface area (Å²) in [4.78, 5) is 19.0. The molecule has 0 radical (unpaired) electrons. The third-order valence-electron chi connectivity index (χ3n) is 5.39. The van der Waals surface area contributed by atoms with E-state index in [-0.39, 0.29) is 16.2 Å². The maximum absolute atomic E-state index is 11.1. The summed E-state index contributed by atoms with van der Waals surface area (Å²) in [5.41, 5.74) is 3.45. The molecule has 4 aromatic rings. The second kappa shape index (κ2) is 5.79. The number of ether oxygens (including phenoxy) is 1. The number of nitro benzene ring substituents is 1. The molecule has 1 N–H and O–H groups in total. The first-order chi connectivity index (χ1) is 13.4. The number of non-ortho nitro benzene ring substituents is 1. The van der Waals surface area contributed by atoms with Gasteiger partial charge in [-0.15, -0.1) is 0 Å². The molecule has 0 fully saturated rings. The molecular formula is C22H19N3O3. The van der Waals surface area contributed by atoms with Crippen molar-refractivity contribution in [3.8, 4) is 17.1 Å². The average molecular weight is 373 g/mol. The van der Waals surface area contributed by atoms with Crippen molar-refractivity contribution in [1.82, 2.24) is 9.97 Å². The first-order valence-corrected chi connectivity index (χ1v) is 9.30. The van der Waals surface area contributed by atoms with Gasteiger partial charge < -0.3 is 9.72 Å². The summed E-state index contributed by atoms with van der Waals surface area (Å²) in [6.45, 7) is 4.21. The molecule has 28 heavy (non-hydrogen) atoms. The van der Waals surface area contributed by atoms with E-state index in [2.05, 4.69) is 31.0 Å². The number of aromatic nitrogens is 2. The number of nitrogens with one attached hydrogen (secondary N) is 1. The Morgan fingerprint density at radius 3 is 2.71 bits per heavy atom. The number of aromatic amines is 1. The van der Waals surface area contributed by atoms with Gasteiger partial charge in [-0.25, -0.2) is 4.98 Å². The highest BCUT2D eigenvalue weighted by molar-refractivity contribution is 6.10. The molecule has 6 heteroatoms. The van der Waals surface area contributed by atoms with Crippen molar-refractivity contribution in [1.29, 1.82) is 0 Å². The molecule has 1 aliphatic rings. The van der Waals surface area contributed by atoms with Crippen molar-refractivity contribution in [3.63, 3.8) is 0 Å². The van der Waals surface area contributed by atoms with E-state index in [1.54, 1.807) is 12.1 Å². The van der Waals surface area contributed by atoms with Crippen LogP contribution >= 0.6 is 0 Å². The third-order valence-corrected chi connectivity index (χ3v) is 5.39. The van der Waals surface area contributed by atoms with Gasteiger partial charge in [0.05, 0.1) is 16.0 Å². The minimum Gasteiger partial charge on any atom is -0.487 e. The molecular weight excluding hydrogens is 354 g/mol. The summed E-state index contributed by atoms with van der Waals surface area (Å²) in [6.07, 6.45) is 1.79. The van der Waals surface area contributed by atoms with Gasteiger partial charge in [-0.1, -0.05) is 36.4 Å². The summed E-state index contributed by atoms with van der Waals surface area (Å²) >= 11 is 0. The van der Waals surface area contributed by atoms with Gasteiger partial charge in [0.25, 0.3) is 5.69 Å². The summed E-state index contributed by atoms with van der Waals surface area (Å²) in [5, 5.41) is 13.2. The minimum atomic E-state index is -0.390. The monoisotopic (exact) mass is 373 g/mol. The molecule has 0 atom stereocenters. The summed E-state index contributed by atoms with van der Waals surface area (Å²) in [5.74, 6) is 1.53. The van der Waals surface area contributed by atoms with Gasteiger partial charge in [0.15, 0.2) is 0 Å². The zero-order valence-electron chi connectivity index (χ0n) is 15.7. The topological polar surface area (TPSA) is 81.0 Å². The average Bonchev–Trinajstić information content (AvgIpc) is 3.13. The lowest BCUT2D eigenvalue weighted by Gasteiger charge is -2.33. The van der Waals surface area contributed by atoms with E-state index in [1.165, 1.54) is 6.07 Å². The second-order valence-electron chi connectivity index (χ2n) is 7.83. The van der Waals surface area contributed by atoms with Gasteiger partial charge in [0.1, 0.15) is 17.2 Å². The van der Waals surface area contributed by atoms with Crippen LogP contribution in [0, 0.1) is 10.1 Å². The van der Waals surface area contributed by atoms with Gasteiger partial charge in [-0.2, -0.15) is 0 Å². The summed E-state index contributed by atoms with van der Waals surface area (Å²) in [6, 6.07) is 14.7. The van der Waals surface area contributed by atoms with Crippen LogP contribution in [-0.2, 0) is 6.42 Å². The fourth-order valence-electron chi connectivity index (χ4n) is 3.96. The standard InChI is InChI=1S/C22H19N3O3/c1-22(2)11-10-17-19-18(15-8-3-4-9-16(15)20(17)28-22)23-21(24-19)13-6-5-7-14(12-13)25(26)27/h3-9,12H,10-11H2,1-2H3,(H,23,24). The minimum absolute atomic E-state index is 0.0509. The van der Waals surface area contributed by atoms with Gasteiger partial charge in [-0.05, 0) is 26.7 Å². The normalized spacial score (nSPS) is 15.4. The molecule has 2 heterocycles. The van der Waals surface area contributed by atoms with Crippen LogP contribution in [0.2, 0.25) is 0 Å². The SMILES string of the molecule is CC1(C)CCc2c(c3ccccc3c3[nH]c(-c4cccc([N+](=O)[O-])c4)nc23)O1. The van der Waals surface area contributed by atoms with Crippen LogP contribution in [0.5, 0.6) is 5.75 Å². The lowest BCUT2D eigenvalue weighted by atomic mass is 9.91. The number of fused-ring (bicyclic) bond motifs is 6. The van der Waals surface area contributed by atoms with E-state index in [4.69, 9.17) is 9.72 Å². The van der Waals surface area contributed by atoms with Crippen molar-refractivity contribution in [2.45, 2.75) is 32.3 Å². The zero-order valence-corrected chi connectivity index (χ0v) is 15.7. The molecule has 0 amide bonds. The number of imidazole rings is 1. The number of nitro groups is 1. The number of H-pyrrole nitrogens is 1. The van der Waals surface area contributed by atoms with E-state index in [0.717, 1.165) is 46.0 Å². The summed E-state index contributed by atoms with van der Waals surface area (Å²) < 4.78 is 6.36. The molecule has 140 valence electrons. The molecule has 5 rings (SSSR count). The molecule has 6 nitrogen and oxygen atoms in total. The Bertz CT molecular complexity index is 1260. The van der Waals surface area contributed by atoms with E-state index in [0.29, 0.717) is 11.4 Å². The number of aryl methyl sites for hydroxylation is 1. The molecule has 1 aliphatic heterocycles. The van der Waals surface area contributed by atoms with E-state index in [1.807, 2.05) is 18.2 Å². The fourth-order valence-corrected chi connectivity index (χ4v) is 3.96. The van der Waals surface area contributed by atoms with Gasteiger partial charge in [0, 0.05) is 34.0 Å². The largest absolute Gasteiger partial charge is 0.487 e. The smallest absolute Gasteiger partial charge is 0.270 e. The highest BCUT2D eigenvalue weighted by atomic mass is 16.6. The summed E-state index contributed by atoms with van der Waals surface area (Å²) in [7, 11) is 0. The molecule has 0 aliphatic carbocycles. The number of hydrogen-bond acceptors (Lipinski definition) is 4. The molecule has 0 spiro atoms. The Kier molecular flexibility index (Phi) is 3.46. The predicted molar refractivity (Wildman–Crippen MR) is 109 cm³/mol. The lowest BCUT2D eigenvalue weighted by molar-refractivity contribution is -0.384. The Morgan fingerprint density at radius 2 is 1.93 bits per heavy atom. The fraction of sp³-hybridized carbons (Fsp3) is 0.227. The van der Waals surface area contributed by atoms with Gasteiger partial charge in [-0.3, -0.25) is 10.1 Å². The molecule has 0 bridgehead atoms. The van der Waals surface area contributed by atoms with Crippen LogP contribution in [0.4, 0.5) is 5.69 Å². The molecule has 1 aromatic heterocycles. The van der Waals surface area contributed by atoms with Crippen LogP contribution < -0.4 is 4.74 Å². The number of nitrogens with zero attached hydrogens (tertiary/aromatic N) is 2. The van der Waals surface area contributed by atoms with Crippen LogP contribution in [0.15, 0.2) is 48.5 Å². The Labute approximate surface area is 161 Å². The lowest BCUT2D eigenvalue weighted by Crippen LogP contribution is -2.32. The second-order valence-corrected chi connectivity index (χ2v) is 7.83. The van der Waals surface area contributed by atoms with Crippen molar-refractivity contribution < 1.29 is 9.66 Å². The van der Waals surface area contributed by atoms with Crippen molar-refractivity contribution in [2.24, 2.45) is 0 Å². The third kappa shape index (κ3) is 2.52. The van der Waals surface area contributed by atoms with Crippen LogP contribution in [0.3, 0.4) is 0 Å². The molecule has 0 saturated heterocycles. The Hall–Kier alpha value is -3.41. The van der Waals surface area contributed by atoms with Gasteiger partial charge >= 0.3 is 0 Å². The van der Waals surface area contributed by atoms with Crippen molar-refractivity contribution in [2.75, 3.05) is 0 Å². The van der Waals surface area contributed by atoms with Crippen molar-refractivity contribution >= 4 is 27.5 Å². The Balaban J connectivity index is 1.80. The maximum atomic E-state index is 11.1.